The molecule has 0 amide bonds. The first kappa shape index (κ1) is 13.8. The topological polar surface area (TPSA) is 77.8 Å². The van der Waals surface area contributed by atoms with Gasteiger partial charge in [-0.05, 0) is 18.9 Å². The minimum atomic E-state index is 0.253. The standard InChI is InChI=1S/C15H16N4OS/c1-8(2)11-12(21-15(16)17-11)14-18-13(19-20-14)10-6-4-5-9(3)7-10/h4-8H,1-3H3,(H2,16,17). The summed E-state index contributed by atoms with van der Waals surface area (Å²) in [7, 11) is 0. The molecule has 3 aromatic rings. The van der Waals surface area contributed by atoms with Crippen LogP contribution in [-0.2, 0) is 0 Å². The Morgan fingerprint density at radius 1 is 1.24 bits per heavy atom. The number of rotatable bonds is 3. The SMILES string of the molecule is Cc1cccc(-c2noc(-c3sc(N)nc3C(C)C)n2)c1. The molecular formula is C15H16N4OS. The molecule has 0 aliphatic carbocycles. The Hall–Kier alpha value is -2.21. The van der Waals surface area contributed by atoms with Gasteiger partial charge in [0.15, 0.2) is 5.13 Å². The average Bonchev–Trinajstić information content (AvgIpc) is 3.04. The van der Waals surface area contributed by atoms with E-state index in [-0.39, 0.29) is 5.92 Å². The van der Waals surface area contributed by atoms with Crippen molar-refractivity contribution in [3.63, 3.8) is 0 Å². The summed E-state index contributed by atoms with van der Waals surface area (Å²) in [6.07, 6.45) is 0. The van der Waals surface area contributed by atoms with Crippen LogP contribution in [0, 0.1) is 6.92 Å². The van der Waals surface area contributed by atoms with Gasteiger partial charge in [-0.25, -0.2) is 4.98 Å². The van der Waals surface area contributed by atoms with Gasteiger partial charge in [-0.3, -0.25) is 0 Å². The van der Waals surface area contributed by atoms with Gasteiger partial charge >= 0.3 is 0 Å². The van der Waals surface area contributed by atoms with Crippen molar-refractivity contribution in [1.82, 2.24) is 15.1 Å². The minimum absolute atomic E-state index is 0.253. The second kappa shape index (κ2) is 5.29. The lowest BCUT2D eigenvalue weighted by atomic mass is 10.1. The zero-order chi connectivity index (χ0) is 15.0. The molecule has 5 nitrogen and oxygen atoms in total. The molecule has 0 saturated carbocycles. The highest BCUT2D eigenvalue weighted by Crippen LogP contribution is 2.35. The molecule has 0 unspecified atom stereocenters. The maximum atomic E-state index is 5.81. The summed E-state index contributed by atoms with van der Waals surface area (Å²) in [5.41, 5.74) is 8.80. The van der Waals surface area contributed by atoms with E-state index in [2.05, 4.69) is 29.0 Å². The van der Waals surface area contributed by atoms with E-state index in [9.17, 15) is 0 Å². The Kier molecular flexibility index (Phi) is 3.47. The monoisotopic (exact) mass is 300 g/mol. The Bertz CT molecular complexity index is 776. The highest BCUT2D eigenvalue weighted by Gasteiger charge is 2.20. The molecule has 2 heterocycles. The number of anilines is 1. The lowest BCUT2D eigenvalue weighted by Gasteiger charge is -2.00. The Morgan fingerprint density at radius 3 is 2.76 bits per heavy atom. The number of nitrogens with two attached hydrogens (primary N) is 1. The Balaban J connectivity index is 2.03. The van der Waals surface area contributed by atoms with Gasteiger partial charge in [0, 0.05) is 5.56 Å². The second-order valence-corrected chi connectivity index (χ2v) is 6.24. The van der Waals surface area contributed by atoms with Crippen molar-refractivity contribution in [2.45, 2.75) is 26.7 Å². The minimum Gasteiger partial charge on any atom is -0.375 e. The summed E-state index contributed by atoms with van der Waals surface area (Å²) in [5, 5.41) is 4.58. The fraction of sp³-hybridized carbons (Fsp3) is 0.267. The van der Waals surface area contributed by atoms with Crippen LogP contribution in [0.25, 0.3) is 22.2 Å². The molecule has 2 aromatic heterocycles. The van der Waals surface area contributed by atoms with Crippen LogP contribution in [0.3, 0.4) is 0 Å². The van der Waals surface area contributed by atoms with Gasteiger partial charge < -0.3 is 10.3 Å². The molecule has 1 aromatic carbocycles. The van der Waals surface area contributed by atoms with Crippen molar-refractivity contribution < 1.29 is 4.52 Å². The van der Waals surface area contributed by atoms with Gasteiger partial charge in [-0.1, -0.05) is 54.1 Å². The van der Waals surface area contributed by atoms with Crippen molar-refractivity contribution in [2.24, 2.45) is 0 Å². The molecule has 2 N–H and O–H groups in total. The molecule has 6 heteroatoms. The van der Waals surface area contributed by atoms with Crippen molar-refractivity contribution in [1.29, 1.82) is 0 Å². The lowest BCUT2D eigenvalue weighted by molar-refractivity contribution is 0.432. The van der Waals surface area contributed by atoms with E-state index >= 15 is 0 Å². The summed E-state index contributed by atoms with van der Waals surface area (Å²) in [5.74, 6) is 1.31. The summed E-state index contributed by atoms with van der Waals surface area (Å²) >= 11 is 1.38. The number of hydrogen-bond donors (Lipinski definition) is 1. The second-order valence-electron chi connectivity index (χ2n) is 5.21. The fourth-order valence-corrected chi connectivity index (χ4v) is 3.02. The van der Waals surface area contributed by atoms with Crippen LogP contribution in [0.1, 0.15) is 31.0 Å². The normalized spacial score (nSPS) is 11.2. The van der Waals surface area contributed by atoms with Crippen molar-refractivity contribution in [3.05, 3.63) is 35.5 Å². The summed E-state index contributed by atoms with van der Waals surface area (Å²) in [6, 6.07) is 8.00. The van der Waals surface area contributed by atoms with Gasteiger partial charge in [0.05, 0.1) is 5.69 Å². The lowest BCUT2D eigenvalue weighted by Crippen LogP contribution is -1.91. The fourth-order valence-electron chi connectivity index (χ4n) is 2.11. The van der Waals surface area contributed by atoms with Crippen molar-refractivity contribution in [2.75, 3.05) is 5.73 Å². The van der Waals surface area contributed by atoms with E-state index in [4.69, 9.17) is 10.3 Å². The smallest absolute Gasteiger partial charge is 0.270 e. The largest absolute Gasteiger partial charge is 0.375 e. The van der Waals surface area contributed by atoms with E-state index in [0.29, 0.717) is 16.8 Å². The van der Waals surface area contributed by atoms with E-state index in [1.807, 2.05) is 31.2 Å². The summed E-state index contributed by atoms with van der Waals surface area (Å²) < 4.78 is 5.40. The van der Waals surface area contributed by atoms with E-state index in [0.717, 1.165) is 21.7 Å². The molecule has 3 rings (SSSR count). The van der Waals surface area contributed by atoms with Crippen molar-refractivity contribution in [3.8, 4) is 22.2 Å². The highest BCUT2D eigenvalue weighted by molar-refractivity contribution is 7.18. The third kappa shape index (κ3) is 2.67. The Labute approximate surface area is 126 Å². The zero-order valence-corrected chi connectivity index (χ0v) is 12.9. The number of thiazole rings is 1. The number of aromatic nitrogens is 3. The van der Waals surface area contributed by atoms with E-state index in [1.165, 1.54) is 11.3 Å². The molecule has 0 bridgehead atoms. The number of aryl methyl sites for hydroxylation is 1. The third-order valence-corrected chi connectivity index (χ3v) is 4.00. The van der Waals surface area contributed by atoms with E-state index in [1.54, 1.807) is 0 Å². The maximum absolute atomic E-state index is 5.81. The number of nitrogen functional groups attached to an aromatic ring is 1. The summed E-state index contributed by atoms with van der Waals surface area (Å²) in [4.78, 5) is 9.69. The number of nitrogens with zero attached hydrogens (tertiary/aromatic N) is 3. The van der Waals surface area contributed by atoms with Gasteiger partial charge in [0.25, 0.3) is 5.89 Å². The molecule has 0 radical (unpaired) electrons. The highest BCUT2D eigenvalue weighted by atomic mass is 32.1. The molecular weight excluding hydrogens is 284 g/mol. The Morgan fingerprint density at radius 2 is 2.05 bits per heavy atom. The first-order valence-corrected chi connectivity index (χ1v) is 7.53. The summed E-state index contributed by atoms with van der Waals surface area (Å²) in [6.45, 7) is 6.16. The maximum Gasteiger partial charge on any atom is 0.270 e. The van der Waals surface area contributed by atoms with Gasteiger partial charge in [-0.15, -0.1) is 0 Å². The number of benzene rings is 1. The first-order valence-electron chi connectivity index (χ1n) is 6.72. The van der Waals surface area contributed by atoms with Gasteiger partial charge in [0.1, 0.15) is 4.88 Å². The third-order valence-electron chi connectivity index (χ3n) is 3.11. The van der Waals surface area contributed by atoms with Crippen LogP contribution in [0.5, 0.6) is 0 Å². The van der Waals surface area contributed by atoms with Gasteiger partial charge in [-0.2, -0.15) is 4.98 Å². The molecule has 0 aliphatic rings. The van der Waals surface area contributed by atoms with Crippen LogP contribution in [0.15, 0.2) is 28.8 Å². The molecule has 0 fully saturated rings. The quantitative estimate of drug-likeness (QED) is 0.794. The van der Waals surface area contributed by atoms with E-state index < -0.39 is 0 Å². The van der Waals surface area contributed by atoms with Gasteiger partial charge in [0.2, 0.25) is 5.82 Å². The predicted molar refractivity (Wildman–Crippen MR) is 84.1 cm³/mol. The molecule has 0 spiro atoms. The van der Waals surface area contributed by atoms with Crippen LogP contribution in [0.4, 0.5) is 5.13 Å². The van der Waals surface area contributed by atoms with Crippen LogP contribution in [-0.4, -0.2) is 15.1 Å². The van der Waals surface area contributed by atoms with Crippen LogP contribution < -0.4 is 5.73 Å². The average molecular weight is 300 g/mol. The van der Waals surface area contributed by atoms with Crippen molar-refractivity contribution >= 4 is 16.5 Å². The van der Waals surface area contributed by atoms with Crippen LogP contribution in [0.2, 0.25) is 0 Å². The molecule has 0 aliphatic heterocycles. The van der Waals surface area contributed by atoms with Crippen LogP contribution >= 0.6 is 11.3 Å². The first-order chi connectivity index (χ1) is 10.0. The molecule has 108 valence electrons. The molecule has 0 saturated heterocycles. The molecule has 21 heavy (non-hydrogen) atoms. The predicted octanol–water partition coefficient (Wildman–Crippen LogP) is 3.87. The zero-order valence-electron chi connectivity index (χ0n) is 12.1. The molecule has 0 atom stereocenters. The number of hydrogen-bond acceptors (Lipinski definition) is 6.